The lowest BCUT2D eigenvalue weighted by Crippen LogP contribution is -2.38. The number of pyridine rings is 1. The van der Waals surface area contributed by atoms with Gasteiger partial charge in [0.1, 0.15) is 12.3 Å². The lowest BCUT2D eigenvalue weighted by atomic mass is 9.97. The van der Waals surface area contributed by atoms with Crippen LogP contribution in [0, 0.1) is 6.92 Å². The van der Waals surface area contributed by atoms with E-state index in [4.69, 9.17) is 21.1 Å². The summed E-state index contributed by atoms with van der Waals surface area (Å²) in [7, 11) is 0. The molecule has 3 aliphatic rings. The second-order valence-electron chi connectivity index (χ2n) is 9.06. The zero-order chi connectivity index (χ0) is 22.9. The van der Waals surface area contributed by atoms with Crippen LogP contribution in [0.25, 0.3) is 0 Å². The molecule has 3 heterocycles. The van der Waals surface area contributed by atoms with Gasteiger partial charge in [-0.05, 0) is 67.9 Å². The minimum atomic E-state index is -0.137. The molecule has 2 amide bonds. The number of carbonyl (C=O) groups excluding carboxylic acids is 2. The zero-order valence-corrected chi connectivity index (χ0v) is 19.5. The number of nitrogens with one attached hydrogen (secondary N) is 1. The molecule has 2 aliphatic heterocycles. The van der Waals surface area contributed by atoms with Gasteiger partial charge in [0.2, 0.25) is 0 Å². The van der Waals surface area contributed by atoms with Crippen molar-refractivity contribution in [1.29, 1.82) is 0 Å². The summed E-state index contributed by atoms with van der Waals surface area (Å²) in [6, 6.07) is 5.82. The summed E-state index contributed by atoms with van der Waals surface area (Å²) >= 11 is 6.67. The molecular weight excluding hydrogens is 442 g/mol. The number of hydrogen-bond acceptors (Lipinski definition) is 5. The van der Waals surface area contributed by atoms with Crippen LogP contribution in [0.2, 0.25) is 5.02 Å². The maximum Gasteiger partial charge on any atom is 0.270 e. The molecule has 174 valence electrons. The maximum absolute atomic E-state index is 13.4. The Hall–Kier alpha value is -2.64. The van der Waals surface area contributed by atoms with Gasteiger partial charge >= 0.3 is 0 Å². The van der Waals surface area contributed by atoms with E-state index >= 15 is 0 Å². The summed E-state index contributed by atoms with van der Waals surface area (Å²) in [5, 5.41) is 3.42. The van der Waals surface area contributed by atoms with Crippen LogP contribution in [-0.2, 0) is 11.2 Å². The van der Waals surface area contributed by atoms with Gasteiger partial charge in [0.25, 0.3) is 11.8 Å². The van der Waals surface area contributed by atoms with Gasteiger partial charge in [0, 0.05) is 25.4 Å². The van der Waals surface area contributed by atoms with Crippen LogP contribution in [0.1, 0.15) is 63.2 Å². The molecule has 1 atom stereocenters. The second-order valence-corrected chi connectivity index (χ2v) is 9.44. The number of rotatable bonds is 6. The summed E-state index contributed by atoms with van der Waals surface area (Å²) < 4.78 is 11.7. The van der Waals surface area contributed by atoms with Gasteiger partial charge in [-0.3, -0.25) is 14.6 Å². The minimum absolute atomic E-state index is 0.0774. The number of nitrogens with zero attached hydrogens (tertiary/aromatic N) is 2. The summed E-state index contributed by atoms with van der Waals surface area (Å²) in [4.78, 5) is 31.7. The van der Waals surface area contributed by atoms with E-state index in [-0.39, 0.29) is 17.9 Å². The first-order valence-electron chi connectivity index (χ1n) is 11.6. The molecule has 2 fully saturated rings. The van der Waals surface area contributed by atoms with E-state index in [9.17, 15) is 9.59 Å². The average Bonchev–Trinajstić information content (AvgIpc) is 3.51. The lowest BCUT2D eigenvalue weighted by molar-refractivity contribution is 0.0519. The standard InChI is InChI=1S/C25H28ClN3O4/c1-15-17(11-16-4-7-21(27-13-16)24(30)28-18-5-6-18)12-20-23(22(15)26)33-10-8-29(25(20)31)14-19-3-2-9-32-19/h4,7,12-13,18-19H,2-3,5-6,8-11,14H2,1H3,(H,28,30). The van der Waals surface area contributed by atoms with Crippen molar-refractivity contribution < 1.29 is 19.1 Å². The number of ether oxygens (including phenoxy) is 2. The monoisotopic (exact) mass is 469 g/mol. The van der Waals surface area contributed by atoms with Crippen LogP contribution in [0.4, 0.5) is 0 Å². The van der Waals surface area contributed by atoms with Crippen molar-refractivity contribution >= 4 is 23.4 Å². The number of amides is 2. The predicted molar refractivity (Wildman–Crippen MR) is 124 cm³/mol. The largest absolute Gasteiger partial charge is 0.489 e. The van der Waals surface area contributed by atoms with Crippen LogP contribution in [0.3, 0.4) is 0 Å². The lowest BCUT2D eigenvalue weighted by Gasteiger charge is -2.23. The van der Waals surface area contributed by atoms with Gasteiger partial charge in [0.15, 0.2) is 5.75 Å². The van der Waals surface area contributed by atoms with Crippen LogP contribution in [-0.4, -0.2) is 60.1 Å². The molecule has 1 aromatic carbocycles. The Morgan fingerprint density at radius 1 is 1.27 bits per heavy atom. The Balaban J connectivity index is 1.37. The van der Waals surface area contributed by atoms with Crippen molar-refractivity contribution in [3.8, 4) is 5.75 Å². The molecule has 1 N–H and O–H groups in total. The number of benzene rings is 1. The van der Waals surface area contributed by atoms with Crippen molar-refractivity contribution in [2.75, 3.05) is 26.3 Å². The number of halogens is 1. The van der Waals surface area contributed by atoms with Gasteiger partial charge < -0.3 is 19.7 Å². The Morgan fingerprint density at radius 2 is 2.12 bits per heavy atom. The zero-order valence-electron chi connectivity index (χ0n) is 18.7. The van der Waals surface area contributed by atoms with E-state index in [2.05, 4.69) is 10.3 Å². The SMILES string of the molecule is Cc1c(Cc2ccc(C(=O)NC3CC3)nc2)cc2c(c1Cl)OCCN(CC1CCCO1)C2=O. The highest BCUT2D eigenvalue weighted by molar-refractivity contribution is 6.33. The Kier molecular flexibility index (Phi) is 6.25. The number of fused-ring (bicyclic) bond motifs is 1. The Bertz CT molecular complexity index is 1060. The fourth-order valence-electron chi connectivity index (χ4n) is 4.37. The molecule has 5 rings (SSSR count). The second kappa shape index (κ2) is 9.31. The first kappa shape index (κ1) is 22.2. The molecule has 0 radical (unpaired) electrons. The van der Waals surface area contributed by atoms with E-state index in [1.807, 2.05) is 24.0 Å². The van der Waals surface area contributed by atoms with Crippen LogP contribution in [0.5, 0.6) is 5.75 Å². The molecular formula is C25H28ClN3O4. The van der Waals surface area contributed by atoms with Crippen LogP contribution < -0.4 is 10.1 Å². The van der Waals surface area contributed by atoms with Gasteiger partial charge in [0.05, 0.1) is 23.2 Å². The van der Waals surface area contributed by atoms with Gasteiger partial charge in [-0.15, -0.1) is 0 Å². The smallest absolute Gasteiger partial charge is 0.270 e. The molecule has 0 bridgehead atoms. The van der Waals surface area contributed by atoms with Crippen LogP contribution >= 0.6 is 11.6 Å². The first-order chi connectivity index (χ1) is 16.0. The molecule has 0 spiro atoms. The molecule has 1 aliphatic carbocycles. The molecule has 7 nitrogen and oxygen atoms in total. The van der Waals surface area contributed by atoms with Gasteiger partial charge in [-0.25, -0.2) is 0 Å². The summed E-state index contributed by atoms with van der Waals surface area (Å²) in [5.74, 6) is 0.247. The third kappa shape index (κ3) is 4.84. The average molecular weight is 470 g/mol. The minimum Gasteiger partial charge on any atom is -0.489 e. The van der Waals surface area contributed by atoms with Crippen molar-refractivity contribution in [2.45, 2.75) is 51.2 Å². The molecule has 1 aromatic heterocycles. The highest BCUT2D eigenvalue weighted by Crippen LogP contribution is 2.37. The third-order valence-corrected chi connectivity index (χ3v) is 6.97. The Labute approximate surface area is 198 Å². The fourth-order valence-corrected chi connectivity index (χ4v) is 4.65. The van der Waals surface area contributed by atoms with E-state index in [0.717, 1.165) is 49.0 Å². The summed E-state index contributed by atoms with van der Waals surface area (Å²) in [6.45, 7) is 4.16. The van der Waals surface area contributed by atoms with E-state index in [1.165, 1.54) is 0 Å². The third-order valence-electron chi connectivity index (χ3n) is 6.51. The van der Waals surface area contributed by atoms with Crippen molar-refractivity contribution in [2.24, 2.45) is 0 Å². The predicted octanol–water partition coefficient (Wildman–Crippen LogP) is 3.54. The number of hydrogen-bond donors (Lipinski definition) is 1. The first-order valence-corrected chi connectivity index (χ1v) is 12.0. The quantitative estimate of drug-likeness (QED) is 0.699. The van der Waals surface area contributed by atoms with Crippen molar-refractivity contribution in [3.05, 3.63) is 57.4 Å². The molecule has 2 aromatic rings. The fraction of sp³-hybridized carbons (Fsp3) is 0.480. The normalized spacial score (nSPS) is 20.2. The molecule has 8 heteroatoms. The van der Waals surface area contributed by atoms with E-state index in [1.54, 1.807) is 12.3 Å². The molecule has 1 saturated carbocycles. The number of aromatic nitrogens is 1. The van der Waals surface area contributed by atoms with Gasteiger partial charge in [-0.1, -0.05) is 17.7 Å². The molecule has 1 saturated heterocycles. The topological polar surface area (TPSA) is 80.8 Å². The molecule has 1 unspecified atom stereocenters. The highest BCUT2D eigenvalue weighted by Gasteiger charge is 2.30. The summed E-state index contributed by atoms with van der Waals surface area (Å²) in [5.41, 5.74) is 3.66. The van der Waals surface area contributed by atoms with Gasteiger partial charge in [-0.2, -0.15) is 0 Å². The van der Waals surface area contributed by atoms with Crippen molar-refractivity contribution in [3.63, 3.8) is 0 Å². The van der Waals surface area contributed by atoms with E-state index in [0.29, 0.717) is 54.2 Å². The summed E-state index contributed by atoms with van der Waals surface area (Å²) in [6.07, 6.45) is 6.42. The van der Waals surface area contributed by atoms with Crippen LogP contribution in [0.15, 0.2) is 24.4 Å². The number of carbonyl (C=O) groups is 2. The maximum atomic E-state index is 13.4. The molecule has 33 heavy (non-hydrogen) atoms. The van der Waals surface area contributed by atoms with Crippen molar-refractivity contribution in [1.82, 2.24) is 15.2 Å². The highest BCUT2D eigenvalue weighted by atomic mass is 35.5. The van der Waals surface area contributed by atoms with E-state index < -0.39 is 0 Å². The Morgan fingerprint density at radius 3 is 2.82 bits per heavy atom.